The lowest BCUT2D eigenvalue weighted by Crippen LogP contribution is -2.06. The van der Waals surface area contributed by atoms with Crippen LogP contribution >= 0.6 is 0 Å². The maximum absolute atomic E-state index is 12.5. The van der Waals surface area contributed by atoms with Crippen molar-refractivity contribution in [2.75, 3.05) is 11.9 Å². The molecule has 0 unspecified atom stereocenters. The third-order valence-electron chi connectivity index (χ3n) is 3.15. The topological polar surface area (TPSA) is 37.8 Å². The number of benzene rings is 1. The van der Waals surface area contributed by atoms with E-state index in [1.165, 1.54) is 12.1 Å². The van der Waals surface area contributed by atoms with Crippen LogP contribution in [0.2, 0.25) is 0 Å². The van der Waals surface area contributed by atoms with Crippen LogP contribution < -0.4 is 5.32 Å². The molecular formula is C15H17F2N3. The first-order valence-corrected chi connectivity index (χ1v) is 6.50. The van der Waals surface area contributed by atoms with E-state index in [2.05, 4.69) is 15.3 Å². The zero-order valence-corrected chi connectivity index (χ0v) is 11.7. The van der Waals surface area contributed by atoms with Gasteiger partial charge in [0.2, 0.25) is 0 Å². The lowest BCUT2D eigenvalue weighted by molar-refractivity contribution is 0.151. The van der Waals surface area contributed by atoms with Crippen LogP contribution in [0.15, 0.2) is 24.3 Å². The van der Waals surface area contributed by atoms with Crippen LogP contribution in [0, 0.1) is 13.8 Å². The Kier molecular flexibility index (Phi) is 4.27. The van der Waals surface area contributed by atoms with Crippen molar-refractivity contribution < 1.29 is 8.78 Å². The maximum atomic E-state index is 12.5. The Labute approximate surface area is 117 Å². The van der Waals surface area contributed by atoms with Gasteiger partial charge in [0.25, 0.3) is 6.43 Å². The average molecular weight is 277 g/mol. The van der Waals surface area contributed by atoms with Gasteiger partial charge in [-0.05, 0) is 20.8 Å². The number of hydrogen-bond donors (Lipinski definition) is 1. The summed E-state index contributed by atoms with van der Waals surface area (Å²) < 4.78 is 25.1. The van der Waals surface area contributed by atoms with Crippen molar-refractivity contribution in [1.29, 1.82) is 0 Å². The second-order valence-corrected chi connectivity index (χ2v) is 4.56. The van der Waals surface area contributed by atoms with Gasteiger partial charge in [-0.15, -0.1) is 0 Å². The number of nitrogens with one attached hydrogen (secondary N) is 1. The van der Waals surface area contributed by atoms with Crippen molar-refractivity contribution in [3.05, 3.63) is 41.1 Å². The van der Waals surface area contributed by atoms with E-state index in [4.69, 9.17) is 0 Å². The summed E-state index contributed by atoms with van der Waals surface area (Å²) in [5, 5.41) is 3.19. The standard InChI is InChI=1S/C15H17F2N3/c1-4-18-14-9(2)10(3)19-15(20-14)12-7-5-11(6-8-12)13(16)17/h5-8,13H,4H2,1-3H3,(H,18,19,20). The number of aryl methyl sites for hydroxylation is 1. The summed E-state index contributed by atoms with van der Waals surface area (Å²) in [5.74, 6) is 1.33. The third kappa shape index (κ3) is 2.92. The summed E-state index contributed by atoms with van der Waals surface area (Å²) >= 11 is 0. The Morgan fingerprint density at radius 3 is 2.30 bits per heavy atom. The van der Waals surface area contributed by atoms with E-state index in [0.29, 0.717) is 5.82 Å². The van der Waals surface area contributed by atoms with Gasteiger partial charge in [0.05, 0.1) is 0 Å². The Morgan fingerprint density at radius 2 is 1.75 bits per heavy atom. The van der Waals surface area contributed by atoms with Crippen LogP contribution in [0.4, 0.5) is 14.6 Å². The molecule has 2 rings (SSSR count). The Morgan fingerprint density at radius 1 is 1.10 bits per heavy atom. The van der Waals surface area contributed by atoms with Crippen molar-refractivity contribution in [3.63, 3.8) is 0 Å². The molecule has 0 aliphatic heterocycles. The molecule has 0 spiro atoms. The molecule has 0 saturated carbocycles. The van der Waals surface area contributed by atoms with Crippen LogP contribution in [0.1, 0.15) is 30.2 Å². The van der Waals surface area contributed by atoms with E-state index in [9.17, 15) is 8.78 Å². The molecule has 106 valence electrons. The highest BCUT2D eigenvalue weighted by Gasteiger charge is 2.11. The van der Waals surface area contributed by atoms with Crippen molar-refractivity contribution >= 4 is 5.82 Å². The first-order chi connectivity index (χ1) is 9.52. The number of nitrogens with zero attached hydrogens (tertiary/aromatic N) is 2. The summed E-state index contributed by atoms with van der Waals surface area (Å²) in [7, 11) is 0. The second kappa shape index (κ2) is 5.94. The molecule has 1 N–H and O–H groups in total. The molecular weight excluding hydrogens is 260 g/mol. The average Bonchev–Trinajstić information content (AvgIpc) is 2.44. The number of hydrogen-bond acceptors (Lipinski definition) is 3. The highest BCUT2D eigenvalue weighted by atomic mass is 19.3. The van der Waals surface area contributed by atoms with Gasteiger partial charge in [-0.25, -0.2) is 18.7 Å². The highest BCUT2D eigenvalue weighted by molar-refractivity contribution is 5.60. The van der Waals surface area contributed by atoms with Crippen LogP contribution in [0.5, 0.6) is 0 Å². The highest BCUT2D eigenvalue weighted by Crippen LogP contribution is 2.24. The predicted octanol–water partition coefficient (Wildman–Crippen LogP) is 4.13. The normalized spacial score (nSPS) is 10.9. The van der Waals surface area contributed by atoms with E-state index in [-0.39, 0.29) is 5.56 Å². The molecule has 0 bridgehead atoms. The zero-order chi connectivity index (χ0) is 14.7. The summed E-state index contributed by atoms with van der Waals surface area (Å²) in [5.41, 5.74) is 2.62. The number of alkyl halides is 2. The molecule has 2 aromatic rings. The van der Waals surface area contributed by atoms with Crippen molar-refractivity contribution in [3.8, 4) is 11.4 Å². The fourth-order valence-electron chi connectivity index (χ4n) is 1.88. The number of aromatic nitrogens is 2. The Hall–Kier alpha value is -2.04. The molecule has 1 aromatic heterocycles. The molecule has 0 amide bonds. The molecule has 1 heterocycles. The first-order valence-electron chi connectivity index (χ1n) is 6.50. The first kappa shape index (κ1) is 14.4. The van der Waals surface area contributed by atoms with Crippen molar-refractivity contribution in [2.45, 2.75) is 27.2 Å². The molecule has 20 heavy (non-hydrogen) atoms. The van der Waals surface area contributed by atoms with Gasteiger partial charge in [0.1, 0.15) is 5.82 Å². The van der Waals surface area contributed by atoms with Gasteiger partial charge in [0, 0.05) is 28.9 Å². The Bertz CT molecular complexity index is 595. The monoisotopic (exact) mass is 277 g/mol. The lowest BCUT2D eigenvalue weighted by atomic mass is 10.1. The van der Waals surface area contributed by atoms with E-state index < -0.39 is 6.43 Å². The Balaban J connectivity index is 2.41. The van der Waals surface area contributed by atoms with Crippen molar-refractivity contribution in [2.24, 2.45) is 0 Å². The third-order valence-corrected chi connectivity index (χ3v) is 3.15. The molecule has 5 heteroatoms. The SMILES string of the molecule is CCNc1nc(-c2ccc(C(F)F)cc2)nc(C)c1C. The number of rotatable bonds is 4. The van der Waals surface area contributed by atoms with E-state index in [1.807, 2.05) is 20.8 Å². The molecule has 0 atom stereocenters. The second-order valence-electron chi connectivity index (χ2n) is 4.56. The van der Waals surface area contributed by atoms with E-state index in [1.54, 1.807) is 12.1 Å². The minimum atomic E-state index is -2.46. The van der Waals surface area contributed by atoms with Crippen LogP contribution in [0.25, 0.3) is 11.4 Å². The van der Waals surface area contributed by atoms with Gasteiger partial charge in [-0.3, -0.25) is 0 Å². The fraction of sp³-hybridized carbons (Fsp3) is 0.333. The lowest BCUT2D eigenvalue weighted by Gasteiger charge is -2.11. The van der Waals surface area contributed by atoms with Gasteiger partial charge >= 0.3 is 0 Å². The summed E-state index contributed by atoms with van der Waals surface area (Å²) in [4.78, 5) is 8.88. The molecule has 0 aliphatic rings. The smallest absolute Gasteiger partial charge is 0.263 e. The van der Waals surface area contributed by atoms with Gasteiger partial charge < -0.3 is 5.32 Å². The molecule has 0 aliphatic carbocycles. The minimum absolute atomic E-state index is 0.00416. The van der Waals surface area contributed by atoms with Crippen LogP contribution in [-0.4, -0.2) is 16.5 Å². The number of halogens is 2. The predicted molar refractivity (Wildman–Crippen MR) is 76.1 cm³/mol. The van der Waals surface area contributed by atoms with Gasteiger partial charge in [0.15, 0.2) is 5.82 Å². The molecule has 0 fully saturated rings. The molecule has 0 radical (unpaired) electrons. The number of anilines is 1. The largest absolute Gasteiger partial charge is 0.370 e. The van der Waals surface area contributed by atoms with Gasteiger partial charge in [-0.1, -0.05) is 24.3 Å². The van der Waals surface area contributed by atoms with Gasteiger partial charge in [-0.2, -0.15) is 0 Å². The minimum Gasteiger partial charge on any atom is -0.370 e. The van der Waals surface area contributed by atoms with E-state index in [0.717, 1.165) is 29.2 Å². The molecule has 0 saturated heterocycles. The van der Waals surface area contributed by atoms with Crippen LogP contribution in [-0.2, 0) is 0 Å². The maximum Gasteiger partial charge on any atom is 0.263 e. The zero-order valence-electron chi connectivity index (χ0n) is 11.7. The summed E-state index contributed by atoms with van der Waals surface area (Å²) in [6.07, 6.45) is -2.46. The van der Waals surface area contributed by atoms with Crippen molar-refractivity contribution in [1.82, 2.24) is 9.97 Å². The summed E-state index contributed by atoms with van der Waals surface area (Å²) in [6.45, 7) is 6.63. The quantitative estimate of drug-likeness (QED) is 0.913. The fourth-order valence-corrected chi connectivity index (χ4v) is 1.88. The summed E-state index contributed by atoms with van der Waals surface area (Å²) in [6, 6.07) is 6.07. The van der Waals surface area contributed by atoms with E-state index >= 15 is 0 Å². The molecule has 1 aromatic carbocycles. The molecule has 3 nitrogen and oxygen atoms in total. The van der Waals surface area contributed by atoms with Crippen LogP contribution in [0.3, 0.4) is 0 Å².